The summed E-state index contributed by atoms with van der Waals surface area (Å²) in [6.07, 6.45) is 0.262. The van der Waals surface area contributed by atoms with Crippen LogP contribution >= 0.6 is 23.2 Å². The number of aliphatic hydroxyl groups is 1. The summed E-state index contributed by atoms with van der Waals surface area (Å²) in [6, 6.07) is 3.06. The number of nitrogens with one attached hydrogen (secondary N) is 1. The molecule has 118 valence electrons. The number of hydrogen-bond acceptors (Lipinski definition) is 4. The van der Waals surface area contributed by atoms with Crippen molar-refractivity contribution in [2.45, 2.75) is 25.8 Å². The normalized spacial score (nSPS) is 11.8. The predicted molar refractivity (Wildman–Crippen MR) is 87.9 cm³/mol. The largest absolute Gasteiger partial charge is 0.397 e. The zero-order valence-corrected chi connectivity index (χ0v) is 13.9. The van der Waals surface area contributed by atoms with Gasteiger partial charge in [0.15, 0.2) is 0 Å². The molecule has 0 aliphatic heterocycles. The van der Waals surface area contributed by atoms with Crippen molar-refractivity contribution >= 4 is 40.5 Å². The maximum Gasteiger partial charge on any atom is 0.225 e. The number of likely N-dealkylation sites (N-methyl/N-ethyl adjacent to an activating group) is 1. The average Bonchev–Trinajstić information content (AvgIpc) is 2.39. The molecule has 0 unspecified atom stereocenters. The average molecular weight is 334 g/mol. The van der Waals surface area contributed by atoms with Crippen molar-refractivity contribution in [2.24, 2.45) is 0 Å². The van der Waals surface area contributed by atoms with Crippen molar-refractivity contribution < 1.29 is 9.90 Å². The van der Waals surface area contributed by atoms with E-state index in [-0.39, 0.29) is 24.5 Å². The molecule has 0 aliphatic carbocycles. The van der Waals surface area contributed by atoms with Crippen molar-refractivity contribution in [3.63, 3.8) is 0 Å². The number of halogens is 2. The summed E-state index contributed by atoms with van der Waals surface area (Å²) >= 11 is 11.8. The first-order chi connectivity index (χ1) is 9.67. The van der Waals surface area contributed by atoms with Crippen LogP contribution in [-0.2, 0) is 4.79 Å². The van der Waals surface area contributed by atoms with Crippen molar-refractivity contribution in [1.82, 2.24) is 4.90 Å². The van der Waals surface area contributed by atoms with Gasteiger partial charge in [0, 0.05) is 23.5 Å². The smallest absolute Gasteiger partial charge is 0.225 e. The zero-order valence-electron chi connectivity index (χ0n) is 12.4. The Morgan fingerprint density at radius 1 is 1.43 bits per heavy atom. The van der Waals surface area contributed by atoms with Gasteiger partial charge in [0.25, 0.3) is 0 Å². The highest BCUT2D eigenvalue weighted by atomic mass is 35.5. The van der Waals surface area contributed by atoms with Gasteiger partial charge in [-0.1, -0.05) is 23.2 Å². The van der Waals surface area contributed by atoms with Crippen molar-refractivity contribution in [2.75, 3.05) is 31.2 Å². The molecule has 1 amide bonds. The fraction of sp³-hybridized carbons (Fsp3) is 0.500. The molecule has 0 radical (unpaired) electrons. The molecule has 0 bridgehead atoms. The number of hydrogen-bond donors (Lipinski definition) is 3. The first-order valence-corrected chi connectivity index (χ1v) is 7.29. The Hall–Kier alpha value is -1.01. The predicted octanol–water partition coefficient (Wildman–Crippen LogP) is 2.61. The molecule has 7 heteroatoms. The number of benzene rings is 1. The molecule has 1 rings (SSSR count). The lowest BCUT2D eigenvalue weighted by molar-refractivity contribution is -0.116. The zero-order chi connectivity index (χ0) is 16.2. The molecule has 4 N–H and O–H groups in total. The van der Waals surface area contributed by atoms with Crippen LogP contribution in [0.15, 0.2) is 12.1 Å². The van der Waals surface area contributed by atoms with Crippen LogP contribution in [-0.4, -0.2) is 41.7 Å². The Kier molecular flexibility index (Phi) is 6.28. The molecule has 0 heterocycles. The molecule has 0 atom stereocenters. The summed E-state index contributed by atoms with van der Waals surface area (Å²) in [6.45, 7) is 4.32. The molecule has 0 fully saturated rings. The van der Waals surface area contributed by atoms with Gasteiger partial charge in [0.05, 0.1) is 23.0 Å². The molecular formula is C14H21Cl2N3O2. The number of nitrogens with two attached hydrogens (primary N) is 1. The summed E-state index contributed by atoms with van der Waals surface area (Å²) in [5.41, 5.74) is 6.11. The highest BCUT2D eigenvalue weighted by Crippen LogP contribution is 2.32. The third-order valence-corrected chi connectivity index (χ3v) is 3.96. The first kappa shape index (κ1) is 18.0. The Labute approximate surface area is 135 Å². The number of carbonyl (C=O) groups is 1. The van der Waals surface area contributed by atoms with Gasteiger partial charge in [-0.15, -0.1) is 0 Å². The lowest BCUT2D eigenvalue weighted by atomic mass is 10.1. The van der Waals surface area contributed by atoms with Gasteiger partial charge in [0.2, 0.25) is 5.91 Å². The minimum Gasteiger partial charge on any atom is -0.397 e. The van der Waals surface area contributed by atoms with Gasteiger partial charge in [-0.05, 0) is 33.0 Å². The molecule has 21 heavy (non-hydrogen) atoms. The van der Waals surface area contributed by atoms with Crippen LogP contribution in [0.25, 0.3) is 0 Å². The Bertz CT molecular complexity index is 498. The molecule has 0 spiro atoms. The van der Waals surface area contributed by atoms with Gasteiger partial charge < -0.3 is 16.2 Å². The van der Waals surface area contributed by atoms with E-state index in [0.29, 0.717) is 28.0 Å². The van der Waals surface area contributed by atoms with Crippen LogP contribution in [0.3, 0.4) is 0 Å². The lowest BCUT2D eigenvalue weighted by Crippen LogP contribution is -2.45. The van der Waals surface area contributed by atoms with Gasteiger partial charge in [-0.25, -0.2) is 0 Å². The van der Waals surface area contributed by atoms with E-state index in [0.717, 1.165) is 0 Å². The van der Waals surface area contributed by atoms with Crippen molar-refractivity contribution in [3.05, 3.63) is 22.2 Å². The molecule has 1 aromatic rings. The maximum atomic E-state index is 12.0. The third-order valence-electron chi connectivity index (χ3n) is 3.44. The van der Waals surface area contributed by atoms with Gasteiger partial charge in [0.1, 0.15) is 0 Å². The Balaban J connectivity index is 2.63. The minimum absolute atomic E-state index is 0.0150. The number of amides is 1. The second kappa shape index (κ2) is 7.31. The monoisotopic (exact) mass is 333 g/mol. The van der Waals surface area contributed by atoms with Crippen LogP contribution in [0.4, 0.5) is 11.4 Å². The topological polar surface area (TPSA) is 78.6 Å². The number of carbonyl (C=O) groups excluding carboxylic acids is 1. The number of anilines is 2. The van der Waals surface area contributed by atoms with E-state index in [2.05, 4.69) is 5.32 Å². The Morgan fingerprint density at radius 3 is 2.57 bits per heavy atom. The van der Waals surface area contributed by atoms with E-state index in [1.807, 2.05) is 25.8 Å². The molecular weight excluding hydrogens is 313 g/mol. The van der Waals surface area contributed by atoms with Gasteiger partial charge in [-0.3, -0.25) is 9.69 Å². The van der Waals surface area contributed by atoms with Crippen molar-refractivity contribution in [3.8, 4) is 0 Å². The molecule has 0 saturated heterocycles. The second-order valence-electron chi connectivity index (χ2n) is 5.54. The van der Waals surface area contributed by atoms with E-state index in [4.69, 9.17) is 28.9 Å². The van der Waals surface area contributed by atoms with E-state index in [1.54, 1.807) is 0 Å². The summed E-state index contributed by atoms with van der Waals surface area (Å²) in [5, 5.41) is 12.7. The molecule has 0 aliphatic rings. The maximum absolute atomic E-state index is 12.0. The van der Waals surface area contributed by atoms with Crippen LogP contribution in [0.5, 0.6) is 0 Å². The number of aliphatic hydroxyl groups excluding tert-OH is 1. The summed E-state index contributed by atoms with van der Waals surface area (Å²) in [5.74, 6) is -0.202. The van der Waals surface area contributed by atoms with Gasteiger partial charge in [-0.2, -0.15) is 0 Å². The highest BCUT2D eigenvalue weighted by Gasteiger charge is 2.22. The summed E-state index contributed by atoms with van der Waals surface area (Å²) < 4.78 is 0. The molecule has 1 aromatic carbocycles. The molecule has 5 nitrogen and oxygen atoms in total. The van der Waals surface area contributed by atoms with Crippen LogP contribution < -0.4 is 11.1 Å². The fourth-order valence-electron chi connectivity index (χ4n) is 1.62. The van der Waals surface area contributed by atoms with Crippen molar-refractivity contribution in [1.29, 1.82) is 0 Å². The highest BCUT2D eigenvalue weighted by molar-refractivity contribution is 6.37. The third kappa shape index (κ3) is 5.04. The first-order valence-electron chi connectivity index (χ1n) is 6.54. The van der Waals surface area contributed by atoms with Gasteiger partial charge >= 0.3 is 0 Å². The lowest BCUT2D eigenvalue weighted by Gasteiger charge is -2.33. The number of rotatable bonds is 6. The quantitative estimate of drug-likeness (QED) is 0.699. The molecule has 0 saturated carbocycles. The van der Waals surface area contributed by atoms with E-state index in [9.17, 15) is 9.90 Å². The standard InChI is InChI=1S/C14H21Cl2N3O2/c1-14(2,8-20)19(3)5-4-12(21)18-13-10(16)6-9(15)7-11(13)17/h6-7,20H,4-5,8,17H2,1-3H3,(H,18,21). The molecule has 0 aromatic heterocycles. The fourth-order valence-corrected chi connectivity index (χ4v) is 2.18. The van der Waals surface area contributed by atoms with E-state index in [1.165, 1.54) is 12.1 Å². The number of nitrogens with zero attached hydrogens (tertiary/aromatic N) is 1. The van der Waals surface area contributed by atoms with E-state index >= 15 is 0 Å². The van der Waals surface area contributed by atoms with E-state index < -0.39 is 0 Å². The SMILES string of the molecule is CN(CCC(=O)Nc1c(N)cc(Cl)cc1Cl)C(C)(C)CO. The minimum atomic E-state index is -0.378. The van der Waals surface area contributed by atoms with Crippen LogP contribution in [0.2, 0.25) is 10.0 Å². The van der Waals surface area contributed by atoms with Crippen LogP contribution in [0.1, 0.15) is 20.3 Å². The summed E-state index contributed by atoms with van der Waals surface area (Å²) in [7, 11) is 1.85. The number of nitrogen functional groups attached to an aromatic ring is 1. The Morgan fingerprint density at radius 2 is 2.05 bits per heavy atom. The second-order valence-corrected chi connectivity index (χ2v) is 6.39. The van der Waals surface area contributed by atoms with Crippen LogP contribution in [0, 0.1) is 0 Å². The summed E-state index contributed by atoms with van der Waals surface area (Å²) in [4.78, 5) is 13.9.